The molecule has 6 aromatic rings. The van der Waals surface area contributed by atoms with Crippen LogP contribution in [0.3, 0.4) is 0 Å². The fraction of sp³-hybridized carbons (Fsp3) is 0.220. The standard InChI is InChI=1S/C59H54O12/c1-4-45(60)36-42-10-18-43(19-11-42)58(64)70-47-22-12-40(13-23-47)16-32-56(62)68-49-28-30-51-52-31-29-50(38-54(52)39(3)53(51)37-49)69-57(63)33-17-41-14-24-48(25-15-41)71-59(65)44-20-26-46(27-21-44)66-34-8-6-7-9-35-67-55(61)5-2/h4-5,10-15,18-31,37-39H,1-2,6-9,16-17,32-36H2,3H3. The number of rotatable bonds is 24. The van der Waals surface area contributed by atoms with Gasteiger partial charge < -0.3 is 28.4 Å². The summed E-state index contributed by atoms with van der Waals surface area (Å²) in [5, 5.41) is 0. The maximum Gasteiger partial charge on any atom is 0.343 e. The van der Waals surface area contributed by atoms with Gasteiger partial charge in [0.1, 0.15) is 28.7 Å². The van der Waals surface area contributed by atoms with E-state index in [9.17, 15) is 28.8 Å². The molecule has 71 heavy (non-hydrogen) atoms. The first-order valence-corrected chi connectivity index (χ1v) is 23.5. The number of unbranched alkanes of at least 4 members (excludes halogenated alkanes) is 3. The molecule has 12 heteroatoms. The molecule has 0 spiro atoms. The van der Waals surface area contributed by atoms with Gasteiger partial charge in [0, 0.05) is 31.3 Å². The number of benzene rings is 6. The molecule has 0 saturated carbocycles. The molecule has 1 aliphatic carbocycles. The lowest BCUT2D eigenvalue weighted by molar-refractivity contribution is -0.138. The molecule has 7 rings (SSSR count). The van der Waals surface area contributed by atoms with E-state index in [2.05, 4.69) is 20.1 Å². The number of carbonyl (C=O) groups excluding carboxylic acids is 6. The Morgan fingerprint density at radius 1 is 0.479 bits per heavy atom. The Morgan fingerprint density at radius 2 is 0.915 bits per heavy atom. The third-order valence-electron chi connectivity index (χ3n) is 11.8. The average molecular weight is 955 g/mol. The van der Waals surface area contributed by atoms with E-state index in [0.29, 0.717) is 65.9 Å². The lowest BCUT2D eigenvalue weighted by Crippen LogP contribution is -2.10. The highest BCUT2D eigenvalue weighted by Crippen LogP contribution is 2.47. The largest absolute Gasteiger partial charge is 0.494 e. The Bertz CT molecular complexity index is 2880. The zero-order valence-corrected chi connectivity index (χ0v) is 39.5. The topological polar surface area (TPSA) is 158 Å². The molecule has 12 nitrogen and oxygen atoms in total. The lowest BCUT2D eigenvalue weighted by Gasteiger charge is -2.10. The number of ether oxygens (including phenoxy) is 6. The SMILES string of the molecule is C=CC(=O)Cc1ccc(C(=O)Oc2ccc(CCC(=O)Oc3ccc4c(c3)C(C)c3cc(OC(=O)CCc5ccc(OC(=O)c6ccc(OCCCCCCOC(=O)C=C)cc6)cc5)ccc3-4)cc2)cc1. The molecular weight excluding hydrogens is 901 g/mol. The molecule has 0 amide bonds. The molecule has 0 saturated heterocycles. The van der Waals surface area contributed by atoms with Crippen molar-refractivity contribution in [2.75, 3.05) is 13.2 Å². The molecule has 0 radical (unpaired) electrons. The molecular formula is C59H54O12. The number of esters is 5. The van der Waals surface area contributed by atoms with Crippen molar-refractivity contribution in [3.63, 3.8) is 0 Å². The molecule has 0 aliphatic heterocycles. The number of aryl methyl sites for hydroxylation is 2. The average Bonchev–Trinajstić information content (AvgIpc) is 3.66. The van der Waals surface area contributed by atoms with Crippen molar-refractivity contribution in [2.24, 2.45) is 0 Å². The Labute approximate surface area is 412 Å². The predicted octanol–water partition coefficient (Wildman–Crippen LogP) is 11.3. The normalized spacial score (nSPS) is 12.1. The van der Waals surface area contributed by atoms with Crippen LogP contribution in [0.15, 0.2) is 159 Å². The van der Waals surface area contributed by atoms with E-state index in [4.69, 9.17) is 28.4 Å². The first-order valence-electron chi connectivity index (χ1n) is 23.5. The summed E-state index contributed by atoms with van der Waals surface area (Å²) in [6.07, 6.45) is 7.26. The second kappa shape index (κ2) is 24.8. The number of hydrogen-bond donors (Lipinski definition) is 0. The van der Waals surface area contributed by atoms with E-state index in [0.717, 1.165) is 70.7 Å². The number of hydrogen-bond acceptors (Lipinski definition) is 12. The van der Waals surface area contributed by atoms with Gasteiger partial charge in [0.25, 0.3) is 0 Å². The van der Waals surface area contributed by atoms with Gasteiger partial charge in [0.05, 0.1) is 24.3 Å². The second-order valence-corrected chi connectivity index (χ2v) is 16.9. The van der Waals surface area contributed by atoms with E-state index in [1.165, 1.54) is 6.08 Å². The minimum absolute atomic E-state index is 0.0422. The summed E-state index contributed by atoms with van der Waals surface area (Å²) in [7, 11) is 0. The first kappa shape index (κ1) is 50.5. The molecule has 362 valence electrons. The van der Waals surface area contributed by atoms with Crippen molar-refractivity contribution < 1.29 is 57.2 Å². The smallest absolute Gasteiger partial charge is 0.343 e. The molecule has 0 bridgehead atoms. The van der Waals surface area contributed by atoms with Crippen molar-refractivity contribution in [2.45, 2.75) is 70.6 Å². The van der Waals surface area contributed by atoms with Crippen LogP contribution in [0.1, 0.15) is 99.9 Å². The molecule has 0 fully saturated rings. The van der Waals surface area contributed by atoms with Crippen LogP contribution >= 0.6 is 0 Å². The van der Waals surface area contributed by atoms with E-state index in [-0.39, 0.29) is 42.9 Å². The number of ketones is 1. The van der Waals surface area contributed by atoms with Gasteiger partial charge in [-0.3, -0.25) is 14.4 Å². The molecule has 0 aromatic heterocycles. The van der Waals surface area contributed by atoms with E-state index < -0.39 is 17.9 Å². The quantitative estimate of drug-likeness (QED) is 0.0245. The Kier molecular flexibility index (Phi) is 17.6. The van der Waals surface area contributed by atoms with Gasteiger partial charge in [-0.25, -0.2) is 14.4 Å². The third-order valence-corrected chi connectivity index (χ3v) is 11.8. The van der Waals surface area contributed by atoms with Gasteiger partial charge in [0.2, 0.25) is 0 Å². The van der Waals surface area contributed by atoms with Crippen LogP contribution in [0.4, 0.5) is 0 Å². The monoisotopic (exact) mass is 954 g/mol. The molecule has 0 heterocycles. The van der Waals surface area contributed by atoms with E-state index >= 15 is 0 Å². The van der Waals surface area contributed by atoms with Crippen LogP contribution in [0.5, 0.6) is 28.7 Å². The summed E-state index contributed by atoms with van der Waals surface area (Å²) in [5.74, 6) is -0.0823. The Morgan fingerprint density at radius 3 is 1.39 bits per heavy atom. The van der Waals surface area contributed by atoms with Crippen molar-refractivity contribution in [1.29, 1.82) is 0 Å². The summed E-state index contributed by atoms with van der Waals surface area (Å²) < 4.78 is 33.3. The minimum atomic E-state index is -0.523. The van der Waals surface area contributed by atoms with Gasteiger partial charge in [-0.15, -0.1) is 0 Å². The Balaban J connectivity index is 0.806. The number of allylic oxidation sites excluding steroid dienone is 1. The molecule has 1 unspecified atom stereocenters. The van der Waals surface area contributed by atoms with Crippen molar-refractivity contribution in [1.82, 2.24) is 0 Å². The minimum Gasteiger partial charge on any atom is -0.494 e. The van der Waals surface area contributed by atoms with Gasteiger partial charge in [-0.05, 0) is 168 Å². The van der Waals surface area contributed by atoms with Crippen LogP contribution in [0.25, 0.3) is 11.1 Å². The van der Waals surface area contributed by atoms with E-state index in [1.54, 1.807) is 97.1 Å². The Hall–Kier alpha value is -8.38. The molecule has 1 aliphatic rings. The van der Waals surface area contributed by atoms with Gasteiger partial charge in [-0.2, -0.15) is 0 Å². The van der Waals surface area contributed by atoms with Gasteiger partial charge in [-0.1, -0.05) is 68.6 Å². The van der Waals surface area contributed by atoms with Crippen molar-refractivity contribution >= 4 is 35.6 Å². The maximum atomic E-state index is 13.0. The maximum absolute atomic E-state index is 13.0. The van der Waals surface area contributed by atoms with Crippen molar-refractivity contribution in [3.8, 4) is 39.9 Å². The summed E-state index contributed by atoms with van der Waals surface area (Å²) in [6, 6.07) is 38.5. The molecule has 1 atom stereocenters. The predicted molar refractivity (Wildman–Crippen MR) is 267 cm³/mol. The van der Waals surface area contributed by atoms with Crippen LogP contribution in [-0.4, -0.2) is 48.8 Å². The van der Waals surface area contributed by atoms with Crippen LogP contribution in [0.2, 0.25) is 0 Å². The third kappa shape index (κ3) is 14.6. The van der Waals surface area contributed by atoms with Crippen LogP contribution in [-0.2, 0) is 43.2 Å². The summed E-state index contributed by atoms with van der Waals surface area (Å²) in [6.45, 7) is 9.82. The van der Waals surface area contributed by atoms with E-state index in [1.807, 2.05) is 36.4 Å². The number of carbonyl (C=O) groups is 6. The molecule has 6 aromatic carbocycles. The number of fused-ring (bicyclic) bond motifs is 3. The highest BCUT2D eigenvalue weighted by Gasteiger charge is 2.27. The first-order chi connectivity index (χ1) is 34.4. The summed E-state index contributed by atoms with van der Waals surface area (Å²) in [5.41, 5.74) is 7.29. The zero-order valence-electron chi connectivity index (χ0n) is 39.5. The summed E-state index contributed by atoms with van der Waals surface area (Å²) in [4.78, 5) is 74.0. The van der Waals surface area contributed by atoms with Crippen LogP contribution < -0.4 is 23.7 Å². The van der Waals surface area contributed by atoms with Crippen molar-refractivity contribution in [3.05, 3.63) is 198 Å². The fourth-order valence-electron chi connectivity index (χ4n) is 7.92. The van der Waals surface area contributed by atoms with Gasteiger partial charge >= 0.3 is 29.8 Å². The highest BCUT2D eigenvalue weighted by atomic mass is 16.6. The van der Waals surface area contributed by atoms with Gasteiger partial charge in [0.15, 0.2) is 5.78 Å². The lowest BCUT2D eigenvalue weighted by atomic mass is 9.99. The highest BCUT2D eigenvalue weighted by molar-refractivity contribution is 5.93. The molecule has 0 N–H and O–H groups in total. The zero-order chi connectivity index (χ0) is 50.1. The second-order valence-electron chi connectivity index (χ2n) is 16.9. The summed E-state index contributed by atoms with van der Waals surface area (Å²) >= 11 is 0. The van der Waals surface area contributed by atoms with Crippen LogP contribution in [0, 0.1) is 0 Å². The fourth-order valence-corrected chi connectivity index (χ4v) is 7.92.